The molecule has 10 heteroatoms. The quantitative estimate of drug-likeness (QED) is 0.283. The number of rotatable bonds is 7. The number of benzene rings is 3. The molecule has 1 atom stereocenters. The summed E-state index contributed by atoms with van der Waals surface area (Å²) in [5, 5.41) is 3.09. The number of hydrogen-bond donors (Lipinski definition) is 1. The van der Waals surface area contributed by atoms with E-state index >= 15 is 0 Å². The molecule has 39 heavy (non-hydrogen) atoms. The molecule has 0 bridgehead atoms. The van der Waals surface area contributed by atoms with Gasteiger partial charge in [0.1, 0.15) is 11.6 Å². The summed E-state index contributed by atoms with van der Waals surface area (Å²) in [7, 11) is 1.51. The van der Waals surface area contributed by atoms with Gasteiger partial charge in [-0.05, 0) is 74.4 Å². The molecule has 3 aromatic carbocycles. The highest BCUT2D eigenvalue weighted by Crippen LogP contribution is 2.31. The Morgan fingerprint density at radius 2 is 1.79 bits per heavy atom. The van der Waals surface area contributed by atoms with Crippen LogP contribution in [0, 0.1) is 6.92 Å². The smallest absolute Gasteiger partial charge is 0.416 e. The van der Waals surface area contributed by atoms with Crippen molar-refractivity contribution in [2.75, 3.05) is 19.0 Å². The third-order valence-corrected chi connectivity index (χ3v) is 6.41. The van der Waals surface area contributed by atoms with Crippen molar-refractivity contribution in [3.63, 3.8) is 0 Å². The van der Waals surface area contributed by atoms with Gasteiger partial charge in [-0.2, -0.15) is 13.2 Å². The number of carbonyl (C=O) groups excluding carboxylic acids is 1. The van der Waals surface area contributed by atoms with Gasteiger partial charge in [0.05, 0.1) is 35.3 Å². The van der Waals surface area contributed by atoms with Gasteiger partial charge in [0.15, 0.2) is 0 Å². The summed E-state index contributed by atoms with van der Waals surface area (Å²) < 4.78 is 45.9. The number of para-hydroxylation sites is 1. The number of urea groups is 1. The van der Waals surface area contributed by atoms with E-state index in [1.54, 1.807) is 37.3 Å². The Bertz CT molecular complexity index is 1550. The maximum atomic E-state index is 13.8. The Morgan fingerprint density at radius 3 is 2.44 bits per heavy atom. The first-order chi connectivity index (χ1) is 18.5. The molecule has 1 heterocycles. The van der Waals surface area contributed by atoms with Crippen LogP contribution in [0.3, 0.4) is 0 Å². The summed E-state index contributed by atoms with van der Waals surface area (Å²) in [5.74, 6) is 0.781. The SMILES string of the molecule is CCCN(C(=O)Nc1ccc(C(F)(F)F)cc1)C(C)c1nc2ccccc2c(=O)n1-c1cc(C)ccc1OC. The maximum Gasteiger partial charge on any atom is 0.416 e. The lowest BCUT2D eigenvalue weighted by atomic mass is 10.1. The number of carbonyl (C=O) groups is 1. The summed E-state index contributed by atoms with van der Waals surface area (Å²) in [5.41, 5.74) is 0.955. The van der Waals surface area contributed by atoms with E-state index in [4.69, 9.17) is 9.72 Å². The van der Waals surface area contributed by atoms with Gasteiger partial charge in [0.2, 0.25) is 0 Å². The van der Waals surface area contributed by atoms with Crippen LogP contribution in [0.4, 0.5) is 23.7 Å². The first kappa shape index (κ1) is 27.7. The first-order valence-corrected chi connectivity index (χ1v) is 12.5. The minimum absolute atomic E-state index is 0.213. The zero-order chi connectivity index (χ0) is 28.3. The molecular formula is C29H29F3N4O3. The summed E-state index contributed by atoms with van der Waals surface area (Å²) in [6, 6.07) is 15.4. The lowest BCUT2D eigenvalue weighted by Gasteiger charge is -2.30. The van der Waals surface area contributed by atoms with E-state index in [-0.39, 0.29) is 11.2 Å². The molecule has 0 aliphatic carbocycles. The molecule has 1 unspecified atom stereocenters. The van der Waals surface area contributed by atoms with Crippen LogP contribution in [0.2, 0.25) is 0 Å². The van der Waals surface area contributed by atoms with Crippen LogP contribution >= 0.6 is 0 Å². The van der Waals surface area contributed by atoms with E-state index in [2.05, 4.69) is 5.32 Å². The molecule has 1 aromatic heterocycles. The number of aryl methyl sites for hydroxylation is 1. The Hall–Kier alpha value is -4.34. The number of anilines is 1. The number of aromatic nitrogens is 2. The highest BCUT2D eigenvalue weighted by atomic mass is 19.4. The molecule has 1 N–H and O–H groups in total. The van der Waals surface area contributed by atoms with E-state index in [0.717, 1.165) is 17.7 Å². The number of fused-ring (bicyclic) bond motifs is 1. The number of ether oxygens (including phenoxy) is 1. The number of methoxy groups -OCH3 is 1. The van der Waals surface area contributed by atoms with Gasteiger partial charge in [-0.3, -0.25) is 9.36 Å². The Morgan fingerprint density at radius 1 is 1.10 bits per heavy atom. The van der Waals surface area contributed by atoms with Gasteiger partial charge < -0.3 is 15.0 Å². The van der Waals surface area contributed by atoms with Gasteiger partial charge in [-0.1, -0.05) is 25.1 Å². The van der Waals surface area contributed by atoms with Gasteiger partial charge in [0.25, 0.3) is 5.56 Å². The van der Waals surface area contributed by atoms with Crippen molar-refractivity contribution in [3.05, 3.63) is 94.0 Å². The number of hydrogen-bond acceptors (Lipinski definition) is 4. The van der Waals surface area contributed by atoms with E-state index < -0.39 is 23.8 Å². The van der Waals surface area contributed by atoms with Crippen molar-refractivity contribution in [2.24, 2.45) is 0 Å². The van der Waals surface area contributed by atoms with Crippen molar-refractivity contribution in [3.8, 4) is 11.4 Å². The second-order valence-corrected chi connectivity index (χ2v) is 9.18. The minimum atomic E-state index is -4.48. The standard InChI is InChI=1S/C29H29F3N4O3/c1-5-16-35(28(38)33-21-13-11-20(12-14-21)29(30,31)32)19(3)26-34-23-9-7-6-8-22(23)27(37)36(26)24-17-18(2)10-15-25(24)39-4/h6-15,17,19H,5,16H2,1-4H3,(H,33,38). The zero-order valence-electron chi connectivity index (χ0n) is 22.0. The van der Waals surface area contributed by atoms with Gasteiger partial charge >= 0.3 is 12.2 Å². The Labute approximate surface area is 223 Å². The summed E-state index contributed by atoms with van der Waals surface area (Å²) in [6.07, 6.45) is -3.89. The van der Waals surface area contributed by atoms with Crippen LogP contribution in [0.5, 0.6) is 5.75 Å². The van der Waals surface area contributed by atoms with E-state index in [1.165, 1.54) is 28.7 Å². The van der Waals surface area contributed by atoms with Crippen LogP contribution in [0.15, 0.2) is 71.5 Å². The predicted octanol–water partition coefficient (Wildman–Crippen LogP) is 6.73. The predicted molar refractivity (Wildman–Crippen MR) is 145 cm³/mol. The first-order valence-electron chi connectivity index (χ1n) is 12.5. The topological polar surface area (TPSA) is 76.5 Å². The van der Waals surface area contributed by atoms with Crippen molar-refractivity contribution in [2.45, 2.75) is 39.4 Å². The van der Waals surface area contributed by atoms with Crippen LogP contribution in [0.1, 0.15) is 43.3 Å². The highest BCUT2D eigenvalue weighted by Gasteiger charge is 2.31. The fraction of sp³-hybridized carbons (Fsp3) is 0.276. The fourth-order valence-corrected chi connectivity index (χ4v) is 4.43. The van der Waals surface area contributed by atoms with Crippen LogP contribution in [0.25, 0.3) is 16.6 Å². The minimum Gasteiger partial charge on any atom is -0.495 e. The molecule has 4 rings (SSSR count). The molecule has 0 saturated heterocycles. The number of nitrogens with one attached hydrogen (secondary N) is 1. The summed E-state index contributed by atoms with van der Waals surface area (Å²) in [6.45, 7) is 5.86. The van der Waals surface area contributed by atoms with Crippen molar-refractivity contribution < 1.29 is 22.7 Å². The second-order valence-electron chi connectivity index (χ2n) is 9.18. The highest BCUT2D eigenvalue weighted by molar-refractivity contribution is 5.89. The molecule has 0 fully saturated rings. The molecule has 0 aliphatic heterocycles. The van der Waals surface area contributed by atoms with Gasteiger partial charge in [-0.15, -0.1) is 0 Å². The molecule has 0 aliphatic rings. The fourth-order valence-electron chi connectivity index (χ4n) is 4.43. The molecule has 204 valence electrons. The van der Waals surface area contributed by atoms with Crippen molar-refractivity contribution in [1.29, 1.82) is 0 Å². The van der Waals surface area contributed by atoms with E-state index in [1.807, 2.05) is 26.0 Å². The lowest BCUT2D eigenvalue weighted by molar-refractivity contribution is -0.137. The monoisotopic (exact) mass is 538 g/mol. The molecule has 7 nitrogen and oxygen atoms in total. The van der Waals surface area contributed by atoms with Crippen molar-refractivity contribution in [1.82, 2.24) is 14.5 Å². The molecule has 4 aromatic rings. The van der Waals surface area contributed by atoms with Gasteiger partial charge in [0, 0.05) is 12.2 Å². The molecule has 0 spiro atoms. The maximum absolute atomic E-state index is 13.8. The summed E-state index contributed by atoms with van der Waals surface area (Å²) >= 11 is 0. The van der Waals surface area contributed by atoms with Crippen LogP contribution < -0.4 is 15.6 Å². The normalized spacial score (nSPS) is 12.3. The Balaban J connectivity index is 1.81. The number of halogens is 3. The van der Waals surface area contributed by atoms with Crippen molar-refractivity contribution >= 4 is 22.6 Å². The van der Waals surface area contributed by atoms with E-state index in [9.17, 15) is 22.8 Å². The molecule has 2 amide bonds. The molecule has 0 radical (unpaired) electrons. The molecular weight excluding hydrogens is 509 g/mol. The second kappa shape index (κ2) is 11.2. The third-order valence-electron chi connectivity index (χ3n) is 6.41. The zero-order valence-corrected chi connectivity index (χ0v) is 22.0. The number of alkyl halides is 3. The van der Waals surface area contributed by atoms with E-state index in [0.29, 0.717) is 41.1 Å². The molecule has 0 saturated carbocycles. The average molecular weight is 539 g/mol. The number of amides is 2. The van der Waals surface area contributed by atoms with Gasteiger partial charge in [-0.25, -0.2) is 9.78 Å². The Kier molecular flexibility index (Phi) is 7.94. The number of nitrogens with zero attached hydrogens (tertiary/aromatic N) is 3. The largest absolute Gasteiger partial charge is 0.495 e. The average Bonchev–Trinajstić information content (AvgIpc) is 2.91. The van der Waals surface area contributed by atoms with Crippen LogP contribution in [-0.4, -0.2) is 34.1 Å². The third kappa shape index (κ3) is 5.74. The summed E-state index contributed by atoms with van der Waals surface area (Å²) in [4.78, 5) is 33.6. The van der Waals surface area contributed by atoms with Crippen LogP contribution in [-0.2, 0) is 6.18 Å². The lowest BCUT2D eigenvalue weighted by Crippen LogP contribution is -2.40.